The van der Waals surface area contributed by atoms with Crippen molar-refractivity contribution in [3.63, 3.8) is 0 Å². The number of aromatic nitrogens is 3. The summed E-state index contributed by atoms with van der Waals surface area (Å²) in [5, 5.41) is 0. The number of pyridine rings is 1. The normalized spacial score (nSPS) is 13.5. The molecule has 3 heterocycles. The van der Waals surface area contributed by atoms with E-state index in [0.717, 1.165) is 10.4 Å². The summed E-state index contributed by atoms with van der Waals surface area (Å²) in [7, 11) is -0.919. The minimum atomic E-state index is -2.58. The molecule has 0 N–H and O–H groups in total. The molecular formula is C30H48N3O2SSiSn. The van der Waals surface area contributed by atoms with Crippen LogP contribution in [0.25, 0.3) is 4.83 Å². The molecule has 1 atom stereocenters. The van der Waals surface area contributed by atoms with E-state index in [2.05, 4.69) is 75.2 Å². The van der Waals surface area contributed by atoms with Crippen LogP contribution >= 0.6 is 11.3 Å². The molecule has 0 aliphatic carbocycles. The fourth-order valence-corrected chi connectivity index (χ4v) is 26.3. The van der Waals surface area contributed by atoms with E-state index < -0.39 is 27.4 Å². The van der Waals surface area contributed by atoms with Crippen LogP contribution in [0.2, 0.25) is 26.4 Å². The van der Waals surface area contributed by atoms with E-state index >= 15 is 0 Å². The third-order valence-corrected chi connectivity index (χ3v) is 27.4. The van der Waals surface area contributed by atoms with Gasteiger partial charge in [0.05, 0.1) is 0 Å². The van der Waals surface area contributed by atoms with Gasteiger partial charge in [-0.1, -0.05) is 0 Å². The van der Waals surface area contributed by atoms with Gasteiger partial charge >= 0.3 is 242 Å². The monoisotopic (exact) mass is 662 g/mol. The number of rotatable bonds is 15. The number of ketones is 1. The van der Waals surface area contributed by atoms with Crippen molar-refractivity contribution in [2.45, 2.75) is 113 Å². The Kier molecular flexibility index (Phi) is 11.6. The summed E-state index contributed by atoms with van der Waals surface area (Å²) in [6.07, 6.45) is 15.4. The van der Waals surface area contributed by atoms with Crippen molar-refractivity contribution in [1.29, 1.82) is 0 Å². The summed E-state index contributed by atoms with van der Waals surface area (Å²) < 4.78 is 14.4. The number of thiazole rings is 1. The molecule has 0 saturated heterocycles. The van der Waals surface area contributed by atoms with Crippen LogP contribution in [0.4, 0.5) is 0 Å². The molecule has 0 aliphatic heterocycles. The zero-order valence-corrected chi connectivity index (χ0v) is 29.6. The zero-order chi connectivity index (χ0) is 27.9. The summed E-state index contributed by atoms with van der Waals surface area (Å²) in [5.74, 6) is -0.0436. The second-order valence-electron chi connectivity index (χ2n) is 12.1. The molecule has 3 aromatic rings. The average molecular weight is 662 g/mol. The van der Waals surface area contributed by atoms with Crippen LogP contribution in [0, 0.1) is 5.41 Å². The summed E-state index contributed by atoms with van der Waals surface area (Å²) in [6.45, 7) is 17.8. The standard InChI is InChI=1S/C18H21N3O2SSi.3C4H9.Sn/c1-18(2,3)16(23-25(4)5)13-8-12(9-19-10-13)15(22)14-17-21(11-20-14)6-7-24-17;3*1-3-4-2;/h6,8-11,16H,1-5H3;3*1,3-4H2,2H3;. The first kappa shape index (κ1) is 31.5. The van der Waals surface area contributed by atoms with Crippen LogP contribution in [-0.4, -0.2) is 47.6 Å². The van der Waals surface area contributed by atoms with E-state index in [4.69, 9.17) is 4.43 Å². The van der Waals surface area contributed by atoms with E-state index in [-0.39, 0.29) is 17.3 Å². The average Bonchev–Trinajstić information content (AvgIpc) is 3.48. The summed E-state index contributed by atoms with van der Waals surface area (Å²) in [4.78, 5) is 23.9. The van der Waals surface area contributed by atoms with Gasteiger partial charge in [0.1, 0.15) is 0 Å². The third kappa shape index (κ3) is 7.58. The number of imidazole rings is 1. The van der Waals surface area contributed by atoms with E-state index in [1.54, 1.807) is 9.09 Å². The molecule has 0 aromatic carbocycles. The van der Waals surface area contributed by atoms with Crippen molar-refractivity contribution in [1.82, 2.24) is 14.4 Å². The molecular weight excluding hydrogens is 613 g/mol. The molecule has 1 unspecified atom stereocenters. The Morgan fingerprint density at radius 3 is 2.18 bits per heavy atom. The number of hydrogen-bond donors (Lipinski definition) is 0. The van der Waals surface area contributed by atoms with Gasteiger partial charge in [-0.05, 0) is 0 Å². The number of fused-ring (bicyclic) bond motifs is 1. The van der Waals surface area contributed by atoms with Crippen molar-refractivity contribution in [3.8, 4) is 0 Å². The van der Waals surface area contributed by atoms with Crippen LogP contribution in [0.1, 0.15) is 108 Å². The van der Waals surface area contributed by atoms with Crippen LogP contribution < -0.4 is 2.89 Å². The Balaban J connectivity index is 2.01. The van der Waals surface area contributed by atoms with Gasteiger partial charge < -0.3 is 0 Å². The Morgan fingerprint density at radius 2 is 1.66 bits per heavy atom. The summed E-state index contributed by atoms with van der Waals surface area (Å²) >= 11 is -0.717. The number of hydrogen-bond acceptors (Lipinski definition) is 5. The van der Waals surface area contributed by atoms with Gasteiger partial charge in [0.25, 0.3) is 0 Å². The number of carbonyl (C=O) groups excluding carboxylic acids is 1. The molecule has 38 heavy (non-hydrogen) atoms. The van der Waals surface area contributed by atoms with E-state index in [1.807, 2.05) is 29.9 Å². The molecule has 0 amide bonds. The molecule has 8 heteroatoms. The van der Waals surface area contributed by atoms with E-state index in [9.17, 15) is 4.79 Å². The Hall–Kier alpha value is -1.03. The van der Waals surface area contributed by atoms with Crippen molar-refractivity contribution < 1.29 is 9.22 Å². The fourth-order valence-electron chi connectivity index (χ4n) is 5.33. The Bertz CT molecular complexity index is 1160. The van der Waals surface area contributed by atoms with Gasteiger partial charge in [-0.15, -0.1) is 0 Å². The summed E-state index contributed by atoms with van der Waals surface area (Å²) in [6, 6.07) is 1.98. The van der Waals surface area contributed by atoms with Crippen molar-refractivity contribution in [2.24, 2.45) is 5.41 Å². The molecule has 0 spiro atoms. The predicted molar refractivity (Wildman–Crippen MR) is 166 cm³/mol. The quantitative estimate of drug-likeness (QED) is 0.121. The predicted octanol–water partition coefficient (Wildman–Crippen LogP) is 8.43. The maximum absolute atomic E-state index is 13.8. The molecule has 0 aliphatic rings. The first-order chi connectivity index (χ1) is 18.1. The topological polar surface area (TPSA) is 56.5 Å². The third-order valence-electron chi connectivity index (χ3n) is 7.44. The zero-order valence-electron chi connectivity index (χ0n) is 24.9. The van der Waals surface area contributed by atoms with Gasteiger partial charge in [0.2, 0.25) is 0 Å². The van der Waals surface area contributed by atoms with Gasteiger partial charge in [0.15, 0.2) is 0 Å². The van der Waals surface area contributed by atoms with Crippen LogP contribution in [0.5, 0.6) is 0 Å². The molecule has 3 aromatic heterocycles. The van der Waals surface area contributed by atoms with Crippen molar-refractivity contribution in [2.75, 3.05) is 0 Å². The molecule has 0 bridgehead atoms. The molecule has 1 radical (unpaired) electrons. The maximum atomic E-state index is 13.8. The van der Waals surface area contributed by atoms with Crippen LogP contribution in [0.15, 0.2) is 31.0 Å². The number of carbonyl (C=O) groups is 1. The fraction of sp³-hybridized carbons (Fsp3) is 0.633. The molecule has 0 fully saturated rings. The van der Waals surface area contributed by atoms with Gasteiger partial charge in [-0.25, -0.2) is 0 Å². The first-order valence-electron chi connectivity index (χ1n) is 14.5. The molecule has 3 rings (SSSR count). The Labute approximate surface area is 240 Å². The second-order valence-corrected chi connectivity index (χ2v) is 29.3. The van der Waals surface area contributed by atoms with Gasteiger partial charge in [-0.2, -0.15) is 0 Å². The number of unbranched alkanes of at least 4 members (excludes halogenated alkanes) is 3. The molecule has 0 saturated carbocycles. The van der Waals surface area contributed by atoms with E-state index in [0.29, 0.717) is 11.3 Å². The van der Waals surface area contributed by atoms with Crippen LogP contribution in [0.3, 0.4) is 0 Å². The molecule has 209 valence electrons. The Morgan fingerprint density at radius 1 is 1.05 bits per heavy atom. The summed E-state index contributed by atoms with van der Waals surface area (Å²) in [5.41, 5.74) is 2.02. The minimum absolute atomic E-state index is 0.0436. The SMILES string of the molecule is CCC[CH2][Sn]([CH2]CCC)([CH2]CCC)[c]1cn2cnc(C(=O)c3cncc(C(O[Si](C)C)C(C)(C)C)c3)c2s1. The number of nitrogens with zero attached hydrogens (tertiary/aromatic N) is 3. The van der Waals surface area contributed by atoms with Gasteiger partial charge in [0, 0.05) is 0 Å². The van der Waals surface area contributed by atoms with Crippen molar-refractivity contribution in [3.05, 3.63) is 47.8 Å². The first-order valence-corrected chi connectivity index (χ1v) is 25.2. The molecule has 5 nitrogen and oxygen atoms in total. The van der Waals surface area contributed by atoms with Crippen molar-refractivity contribution >= 4 is 52.3 Å². The van der Waals surface area contributed by atoms with Gasteiger partial charge in [-0.3, -0.25) is 0 Å². The second kappa shape index (κ2) is 14.0. The van der Waals surface area contributed by atoms with Crippen LogP contribution in [-0.2, 0) is 4.43 Å². The van der Waals surface area contributed by atoms with E-state index in [1.165, 1.54) is 51.8 Å².